The molecule has 0 heterocycles. The van der Waals surface area contributed by atoms with E-state index in [2.05, 4.69) is 0 Å². The Hall–Kier alpha value is -1.67. The standard InChI is InChI=1S/C13H21N3O4S/c1-4-11-21(19,20)15(10-9-14(2)3)12-5-7-13(8-6-12)16(17)18/h5-8H,4,9-11H2,1-3H3. The van der Waals surface area contributed by atoms with Gasteiger partial charge in [0.1, 0.15) is 0 Å². The van der Waals surface area contributed by atoms with E-state index in [9.17, 15) is 18.5 Å². The molecular formula is C13H21N3O4S. The van der Waals surface area contributed by atoms with Crippen LogP contribution in [0.4, 0.5) is 11.4 Å². The van der Waals surface area contributed by atoms with Gasteiger partial charge >= 0.3 is 0 Å². The van der Waals surface area contributed by atoms with Crippen LogP contribution in [0.25, 0.3) is 0 Å². The number of rotatable bonds is 8. The number of nitrogens with zero attached hydrogens (tertiary/aromatic N) is 3. The Morgan fingerprint density at radius 1 is 1.14 bits per heavy atom. The van der Waals surface area contributed by atoms with Gasteiger partial charge in [-0.05, 0) is 32.6 Å². The van der Waals surface area contributed by atoms with Crippen molar-refractivity contribution in [1.82, 2.24) is 4.90 Å². The van der Waals surface area contributed by atoms with Gasteiger partial charge in [0.2, 0.25) is 10.0 Å². The number of hydrogen-bond acceptors (Lipinski definition) is 5. The first kappa shape index (κ1) is 17.4. The van der Waals surface area contributed by atoms with E-state index >= 15 is 0 Å². The predicted molar refractivity (Wildman–Crippen MR) is 83.1 cm³/mol. The van der Waals surface area contributed by atoms with Crippen LogP contribution in [0, 0.1) is 10.1 Å². The van der Waals surface area contributed by atoms with Crippen LogP contribution in [0.1, 0.15) is 13.3 Å². The second-order valence-electron chi connectivity index (χ2n) is 4.96. The summed E-state index contributed by atoms with van der Waals surface area (Å²) in [7, 11) is 0.306. The second-order valence-corrected chi connectivity index (χ2v) is 6.98. The molecule has 0 radical (unpaired) electrons. The van der Waals surface area contributed by atoms with E-state index in [0.717, 1.165) is 0 Å². The van der Waals surface area contributed by atoms with Gasteiger partial charge in [-0.2, -0.15) is 0 Å². The largest absolute Gasteiger partial charge is 0.308 e. The average molecular weight is 315 g/mol. The third kappa shape index (κ3) is 4.98. The highest BCUT2D eigenvalue weighted by Crippen LogP contribution is 2.22. The molecule has 0 fully saturated rings. The van der Waals surface area contributed by atoms with Crippen molar-refractivity contribution in [2.75, 3.05) is 37.2 Å². The van der Waals surface area contributed by atoms with Gasteiger partial charge in [0.25, 0.3) is 5.69 Å². The van der Waals surface area contributed by atoms with E-state index in [1.54, 1.807) is 6.92 Å². The molecule has 118 valence electrons. The van der Waals surface area contributed by atoms with Crippen molar-refractivity contribution in [2.45, 2.75) is 13.3 Å². The fourth-order valence-corrected chi connectivity index (χ4v) is 3.37. The van der Waals surface area contributed by atoms with Crippen molar-refractivity contribution < 1.29 is 13.3 Å². The number of hydrogen-bond donors (Lipinski definition) is 0. The maximum atomic E-state index is 12.3. The molecule has 1 aromatic rings. The molecule has 0 aliphatic carbocycles. The maximum Gasteiger partial charge on any atom is 0.269 e. The smallest absolute Gasteiger partial charge is 0.269 e. The van der Waals surface area contributed by atoms with Gasteiger partial charge in [-0.25, -0.2) is 8.42 Å². The first-order valence-electron chi connectivity index (χ1n) is 6.67. The number of sulfonamides is 1. The number of non-ortho nitro benzene ring substituents is 1. The molecule has 0 bridgehead atoms. The molecule has 21 heavy (non-hydrogen) atoms. The third-order valence-electron chi connectivity index (χ3n) is 2.90. The van der Waals surface area contributed by atoms with E-state index in [4.69, 9.17) is 0 Å². The molecule has 0 saturated carbocycles. The number of nitro benzene ring substituents is 1. The van der Waals surface area contributed by atoms with Crippen LogP contribution in [0.3, 0.4) is 0 Å². The van der Waals surface area contributed by atoms with E-state index in [1.165, 1.54) is 28.6 Å². The summed E-state index contributed by atoms with van der Waals surface area (Å²) < 4.78 is 26.0. The fourth-order valence-electron chi connectivity index (χ4n) is 1.83. The molecule has 0 spiro atoms. The Morgan fingerprint density at radius 2 is 1.71 bits per heavy atom. The minimum Gasteiger partial charge on any atom is -0.308 e. The molecular weight excluding hydrogens is 294 g/mol. The lowest BCUT2D eigenvalue weighted by Crippen LogP contribution is -2.38. The molecule has 1 rings (SSSR count). The zero-order valence-electron chi connectivity index (χ0n) is 12.5. The number of anilines is 1. The molecule has 8 heteroatoms. The number of benzene rings is 1. The summed E-state index contributed by atoms with van der Waals surface area (Å²) >= 11 is 0. The van der Waals surface area contributed by atoms with Crippen LogP contribution < -0.4 is 4.31 Å². The monoisotopic (exact) mass is 315 g/mol. The average Bonchev–Trinajstić information content (AvgIpc) is 2.38. The van der Waals surface area contributed by atoms with Crippen LogP contribution in [0.2, 0.25) is 0 Å². The van der Waals surface area contributed by atoms with Gasteiger partial charge in [-0.15, -0.1) is 0 Å². The minimum atomic E-state index is -3.42. The molecule has 0 aliphatic rings. The molecule has 7 nitrogen and oxygen atoms in total. The predicted octanol–water partition coefficient (Wildman–Crippen LogP) is 1.70. The highest BCUT2D eigenvalue weighted by molar-refractivity contribution is 7.92. The van der Waals surface area contributed by atoms with Gasteiger partial charge in [-0.1, -0.05) is 6.92 Å². The Morgan fingerprint density at radius 3 is 2.14 bits per heavy atom. The lowest BCUT2D eigenvalue weighted by atomic mass is 10.3. The SMILES string of the molecule is CCCS(=O)(=O)N(CCN(C)C)c1ccc([N+](=O)[O-])cc1. The van der Waals surface area contributed by atoms with Crippen LogP contribution in [0.5, 0.6) is 0 Å². The third-order valence-corrected chi connectivity index (χ3v) is 4.89. The van der Waals surface area contributed by atoms with Gasteiger partial charge in [-0.3, -0.25) is 14.4 Å². The van der Waals surface area contributed by atoms with E-state index in [-0.39, 0.29) is 11.4 Å². The second kappa shape index (κ2) is 7.37. The van der Waals surface area contributed by atoms with Crippen molar-refractivity contribution in [3.8, 4) is 0 Å². The Kier molecular flexibility index (Phi) is 6.10. The first-order chi connectivity index (χ1) is 9.77. The summed E-state index contributed by atoms with van der Waals surface area (Å²) in [6, 6.07) is 5.58. The van der Waals surface area contributed by atoms with Gasteiger partial charge < -0.3 is 4.90 Å². The minimum absolute atomic E-state index is 0.0530. The van der Waals surface area contributed by atoms with E-state index < -0.39 is 14.9 Å². The summed E-state index contributed by atoms with van der Waals surface area (Å²) in [4.78, 5) is 12.0. The molecule has 0 unspecified atom stereocenters. The van der Waals surface area contributed by atoms with E-state index in [1.807, 2.05) is 19.0 Å². The summed E-state index contributed by atoms with van der Waals surface area (Å²) in [5.74, 6) is 0.0530. The Labute approximate surface area is 125 Å². The summed E-state index contributed by atoms with van der Waals surface area (Å²) in [5.41, 5.74) is 0.398. The summed E-state index contributed by atoms with van der Waals surface area (Å²) in [6.45, 7) is 2.69. The molecule has 0 atom stereocenters. The molecule has 0 aromatic heterocycles. The van der Waals surface area contributed by atoms with Crippen LogP contribution in [-0.4, -0.2) is 51.2 Å². The van der Waals surface area contributed by atoms with Crippen molar-refractivity contribution in [3.63, 3.8) is 0 Å². The lowest BCUT2D eigenvalue weighted by Gasteiger charge is -2.25. The van der Waals surface area contributed by atoms with Crippen molar-refractivity contribution in [3.05, 3.63) is 34.4 Å². The Bertz CT molecular complexity index is 570. The van der Waals surface area contributed by atoms with Gasteiger partial charge in [0.15, 0.2) is 0 Å². The normalized spacial score (nSPS) is 11.6. The zero-order valence-corrected chi connectivity index (χ0v) is 13.3. The molecule has 0 saturated heterocycles. The lowest BCUT2D eigenvalue weighted by molar-refractivity contribution is -0.384. The van der Waals surface area contributed by atoms with Gasteiger partial charge in [0.05, 0.1) is 16.4 Å². The first-order valence-corrected chi connectivity index (χ1v) is 8.28. The summed E-state index contributed by atoms with van der Waals surface area (Å²) in [6.07, 6.45) is 0.522. The Balaban J connectivity index is 3.08. The molecule has 0 N–H and O–H groups in total. The quantitative estimate of drug-likeness (QED) is 0.538. The molecule has 0 aliphatic heterocycles. The van der Waals surface area contributed by atoms with Crippen LogP contribution in [-0.2, 0) is 10.0 Å². The highest BCUT2D eigenvalue weighted by Gasteiger charge is 2.22. The number of likely N-dealkylation sites (N-methyl/N-ethyl adjacent to an activating group) is 1. The van der Waals surface area contributed by atoms with Gasteiger partial charge in [0, 0.05) is 25.2 Å². The van der Waals surface area contributed by atoms with Crippen LogP contribution >= 0.6 is 0 Å². The van der Waals surface area contributed by atoms with Crippen molar-refractivity contribution >= 4 is 21.4 Å². The fraction of sp³-hybridized carbons (Fsp3) is 0.538. The summed E-state index contributed by atoms with van der Waals surface area (Å²) in [5, 5.41) is 10.7. The van der Waals surface area contributed by atoms with Crippen LogP contribution in [0.15, 0.2) is 24.3 Å². The van der Waals surface area contributed by atoms with Crippen molar-refractivity contribution in [1.29, 1.82) is 0 Å². The molecule has 0 amide bonds. The highest BCUT2D eigenvalue weighted by atomic mass is 32.2. The van der Waals surface area contributed by atoms with Crippen molar-refractivity contribution in [2.24, 2.45) is 0 Å². The van der Waals surface area contributed by atoms with E-state index in [0.29, 0.717) is 25.2 Å². The molecule has 1 aromatic carbocycles. The zero-order chi connectivity index (χ0) is 16.0. The topological polar surface area (TPSA) is 83.8 Å². The maximum absolute atomic E-state index is 12.3. The number of nitro groups is 1.